The average molecular weight is 314 g/mol. The second kappa shape index (κ2) is 6.63. The fraction of sp³-hybridized carbons (Fsp3) is 0.312. The lowest BCUT2D eigenvalue weighted by molar-refractivity contribution is 0.527. The van der Waals surface area contributed by atoms with Gasteiger partial charge in [0, 0.05) is 31.5 Å². The van der Waals surface area contributed by atoms with Crippen molar-refractivity contribution in [2.24, 2.45) is 0 Å². The van der Waals surface area contributed by atoms with E-state index >= 15 is 0 Å². The van der Waals surface area contributed by atoms with Gasteiger partial charge in [0.15, 0.2) is 0 Å². The highest BCUT2D eigenvalue weighted by molar-refractivity contribution is 6.33. The number of piperidine rings is 1. The highest BCUT2D eigenvalue weighted by Gasteiger charge is 2.22. The van der Waals surface area contributed by atoms with Crippen LogP contribution in [0.25, 0.3) is 0 Å². The van der Waals surface area contributed by atoms with Crippen molar-refractivity contribution in [3.8, 4) is 6.07 Å². The molecule has 0 radical (unpaired) electrons. The summed E-state index contributed by atoms with van der Waals surface area (Å²) in [6.45, 7) is 1.79. The topological polar surface area (TPSA) is 64.8 Å². The minimum Gasteiger partial charge on any atom is -0.368 e. The predicted molar refractivity (Wildman–Crippen MR) is 87.1 cm³/mol. The summed E-state index contributed by atoms with van der Waals surface area (Å²) in [7, 11) is 0. The molecule has 1 atom stereocenters. The quantitative estimate of drug-likeness (QED) is 0.943. The van der Waals surface area contributed by atoms with Crippen LogP contribution in [0.3, 0.4) is 0 Å². The van der Waals surface area contributed by atoms with Crippen LogP contribution in [0.5, 0.6) is 0 Å². The Morgan fingerprint density at radius 3 is 2.86 bits per heavy atom. The standard InChI is InChI=1S/C16H16ClN5/c17-14-9-12(10-18)4-5-15(14)22-8-1-3-13(11-22)21-16-19-6-2-7-20-16/h2,4-7,9,13H,1,3,8,11H2,(H,19,20,21). The molecule has 22 heavy (non-hydrogen) atoms. The molecule has 0 aliphatic carbocycles. The zero-order valence-electron chi connectivity index (χ0n) is 12.0. The van der Waals surface area contributed by atoms with Gasteiger partial charge in [-0.05, 0) is 37.1 Å². The lowest BCUT2D eigenvalue weighted by Crippen LogP contribution is -2.42. The number of anilines is 2. The Morgan fingerprint density at radius 2 is 2.14 bits per heavy atom. The van der Waals surface area contributed by atoms with Crippen molar-refractivity contribution in [1.82, 2.24) is 9.97 Å². The second-order valence-electron chi connectivity index (χ2n) is 5.28. The van der Waals surface area contributed by atoms with Crippen LogP contribution in [0.1, 0.15) is 18.4 Å². The number of nitrogens with one attached hydrogen (secondary N) is 1. The Kier molecular flexibility index (Phi) is 4.40. The first-order valence-corrected chi connectivity index (χ1v) is 7.62. The summed E-state index contributed by atoms with van der Waals surface area (Å²) in [5, 5.41) is 12.9. The summed E-state index contributed by atoms with van der Waals surface area (Å²) in [5.74, 6) is 0.653. The van der Waals surface area contributed by atoms with Gasteiger partial charge in [-0.2, -0.15) is 5.26 Å². The fourth-order valence-electron chi connectivity index (χ4n) is 2.70. The van der Waals surface area contributed by atoms with Crippen molar-refractivity contribution in [3.63, 3.8) is 0 Å². The van der Waals surface area contributed by atoms with Crippen LogP contribution >= 0.6 is 11.6 Å². The van der Waals surface area contributed by atoms with Gasteiger partial charge in [-0.25, -0.2) is 9.97 Å². The number of hydrogen-bond acceptors (Lipinski definition) is 5. The summed E-state index contributed by atoms with van der Waals surface area (Å²) < 4.78 is 0. The third kappa shape index (κ3) is 3.29. The molecule has 1 unspecified atom stereocenters. The van der Waals surface area contributed by atoms with Gasteiger partial charge in [-0.3, -0.25) is 0 Å². The van der Waals surface area contributed by atoms with E-state index in [4.69, 9.17) is 16.9 Å². The minimum atomic E-state index is 0.280. The number of nitrogens with zero attached hydrogens (tertiary/aromatic N) is 4. The van der Waals surface area contributed by atoms with E-state index in [0.29, 0.717) is 16.5 Å². The highest BCUT2D eigenvalue weighted by atomic mass is 35.5. The number of nitriles is 1. The van der Waals surface area contributed by atoms with Crippen LogP contribution in [0.15, 0.2) is 36.7 Å². The van der Waals surface area contributed by atoms with Crippen LogP contribution in [0.2, 0.25) is 5.02 Å². The number of hydrogen-bond donors (Lipinski definition) is 1. The molecule has 5 nitrogen and oxygen atoms in total. The molecule has 1 saturated heterocycles. The number of benzene rings is 1. The van der Waals surface area contributed by atoms with Gasteiger partial charge in [0.2, 0.25) is 5.95 Å². The lowest BCUT2D eigenvalue weighted by atomic mass is 10.0. The Balaban J connectivity index is 1.72. The zero-order chi connectivity index (χ0) is 15.4. The Hall–Kier alpha value is -2.32. The summed E-state index contributed by atoms with van der Waals surface area (Å²) in [5.41, 5.74) is 1.55. The summed E-state index contributed by atoms with van der Waals surface area (Å²) in [6, 6.07) is 9.63. The van der Waals surface area contributed by atoms with Gasteiger partial charge in [-0.1, -0.05) is 11.6 Å². The number of aromatic nitrogens is 2. The van der Waals surface area contributed by atoms with Crippen molar-refractivity contribution in [2.45, 2.75) is 18.9 Å². The lowest BCUT2D eigenvalue weighted by Gasteiger charge is -2.35. The third-order valence-corrected chi connectivity index (χ3v) is 4.04. The first kappa shape index (κ1) is 14.6. The van der Waals surface area contributed by atoms with E-state index < -0.39 is 0 Å². The van der Waals surface area contributed by atoms with Gasteiger partial charge >= 0.3 is 0 Å². The first-order valence-electron chi connectivity index (χ1n) is 7.24. The molecule has 2 aromatic rings. The van der Waals surface area contributed by atoms with E-state index in [-0.39, 0.29) is 6.04 Å². The Morgan fingerprint density at radius 1 is 1.32 bits per heavy atom. The maximum Gasteiger partial charge on any atom is 0.222 e. The van der Waals surface area contributed by atoms with Crippen molar-refractivity contribution >= 4 is 23.2 Å². The molecule has 1 aliphatic heterocycles. The van der Waals surface area contributed by atoms with Crippen LogP contribution < -0.4 is 10.2 Å². The summed E-state index contributed by atoms with van der Waals surface area (Å²) in [6.07, 6.45) is 5.60. The first-order chi connectivity index (χ1) is 10.8. The summed E-state index contributed by atoms with van der Waals surface area (Å²) >= 11 is 6.31. The van der Waals surface area contributed by atoms with Gasteiger partial charge in [-0.15, -0.1) is 0 Å². The molecule has 0 bridgehead atoms. The summed E-state index contributed by atoms with van der Waals surface area (Å²) in [4.78, 5) is 10.7. The van der Waals surface area contributed by atoms with Crippen molar-refractivity contribution < 1.29 is 0 Å². The van der Waals surface area contributed by atoms with E-state index in [2.05, 4.69) is 26.3 Å². The molecule has 1 N–H and O–H groups in total. The molecule has 3 rings (SSSR count). The molecule has 1 aliphatic rings. The van der Waals surface area contributed by atoms with Crippen molar-refractivity contribution in [3.05, 3.63) is 47.2 Å². The van der Waals surface area contributed by atoms with Crippen LogP contribution in [0.4, 0.5) is 11.6 Å². The monoisotopic (exact) mass is 313 g/mol. The number of rotatable bonds is 3. The van der Waals surface area contributed by atoms with E-state index in [0.717, 1.165) is 31.6 Å². The maximum absolute atomic E-state index is 8.92. The molecular weight excluding hydrogens is 298 g/mol. The molecule has 2 heterocycles. The van der Waals surface area contributed by atoms with E-state index in [1.807, 2.05) is 6.07 Å². The normalized spacial score (nSPS) is 17.8. The Labute approximate surface area is 134 Å². The Bertz CT molecular complexity index is 683. The average Bonchev–Trinajstić information content (AvgIpc) is 2.56. The molecular formula is C16H16ClN5. The van der Waals surface area contributed by atoms with Gasteiger partial charge in [0.25, 0.3) is 0 Å². The van der Waals surface area contributed by atoms with E-state index in [9.17, 15) is 0 Å². The van der Waals surface area contributed by atoms with Crippen LogP contribution in [-0.4, -0.2) is 29.1 Å². The molecule has 1 aromatic carbocycles. The molecule has 1 fully saturated rings. The zero-order valence-corrected chi connectivity index (χ0v) is 12.8. The molecule has 0 amide bonds. The molecule has 0 spiro atoms. The van der Waals surface area contributed by atoms with Crippen molar-refractivity contribution in [2.75, 3.05) is 23.3 Å². The fourth-order valence-corrected chi connectivity index (χ4v) is 3.00. The minimum absolute atomic E-state index is 0.280. The van der Waals surface area contributed by atoms with Gasteiger partial charge < -0.3 is 10.2 Å². The predicted octanol–water partition coefficient (Wildman–Crippen LogP) is 3.08. The second-order valence-corrected chi connectivity index (χ2v) is 5.69. The van der Waals surface area contributed by atoms with Crippen molar-refractivity contribution in [1.29, 1.82) is 5.26 Å². The maximum atomic E-state index is 8.92. The third-order valence-electron chi connectivity index (χ3n) is 3.74. The van der Waals surface area contributed by atoms with E-state index in [1.54, 1.807) is 30.6 Å². The van der Waals surface area contributed by atoms with Crippen LogP contribution in [-0.2, 0) is 0 Å². The SMILES string of the molecule is N#Cc1ccc(N2CCCC(Nc3ncccn3)C2)c(Cl)c1. The molecule has 0 saturated carbocycles. The molecule has 1 aromatic heterocycles. The number of halogens is 1. The van der Waals surface area contributed by atoms with Crippen LogP contribution in [0, 0.1) is 11.3 Å². The van der Waals surface area contributed by atoms with Gasteiger partial charge in [0.1, 0.15) is 0 Å². The highest BCUT2D eigenvalue weighted by Crippen LogP contribution is 2.29. The van der Waals surface area contributed by atoms with E-state index in [1.165, 1.54) is 0 Å². The smallest absolute Gasteiger partial charge is 0.222 e. The molecule has 6 heteroatoms. The largest absolute Gasteiger partial charge is 0.368 e. The van der Waals surface area contributed by atoms with Gasteiger partial charge in [0.05, 0.1) is 22.3 Å². The molecule has 112 valence electrons.